The van der Waals surface area contributed by atoms with Crippen molar-refractivity contribution in [2.45, 2.75) is 12.8 Å². The molecule has 0 aromatic heterocycles. The van der Waals surface area contributed by atoms with Gasteiger partial charge in [0.2, 0.25) is 5.75 Å². The molecule has 0 saturated heterocycles. The molecule has 1 aliphatic heterocycles. The third-order valence-electron chi connectivity index (χ3n) is 2.61. The molecule has 0 bridgehead atoms. The Labute approximate surface area is 114 Å². The Hall–Kier alpha value is -1.13. The number of ether oxygens (including phenoxy) is 3. The van der Waals surface area contributed by atoms with Crippen LogP contribution in [0.25, 0.3) is 0 Å². The molecule has 0 amide bonds. The summed E-state index contributed by atoms with van der Waals surface area (Å²) in [5.74, 6) is 2.31. The summed E-state index contributed by atoms with van der Waals surface area (Å²) in [4.78, 5) is 0. The number of benzene rings is 1. The highest BCUT2D eigenvalue weighted by atomic mass is 35.5. The van der Waals surface area contributed by atoms with Crippen LogP contribution in [-0.2, 0) is 0 Å². The molecule has 0 aliphatic carbocycles. The fourth-order valence-electron chi connectivity index (χ4n) is 1.75. The summed E-state index contributed by atoms with van der Waals surface area (Å²) in [5.41, 5.74) is 0. The quantitative estimate of drug-likeness (QED) is 0.664. The molecule has 0 spiro atoms. The first-order valence-electron chi connectivity index (χ1n) is 6.08. The van der Waals surface area contributed by atoms with Crippen molar-refractivity contribution in [1.82, 2.24) is 5.32 Å². The summed E-state index contributed by atoms with van der Waals surface area (Å²) in [7, 11) is 1.96. The van der Waals surface area contributed by atoms with Crippen LogP contribution in [0.5, 0.6) is 17.2 Å². The van der Waals surface area contributed by atoms with Crippen molar-refractivity contribution in [3.8, 4) is 17.2 Å². The molecule has 4 nitrogen and oxygen atoms in total. The maximum atomic E-state index is 5.72. The van der Waals surface area contributed by atoms with E-state index < -0.39 is 0 Å². The third-order valence-corrected chi connectivity index (χ3v) is 2.61. The van der Waals surface area contributed by atoms with Crippen molar-refractivity contribution in [2.75, 3.05) is 33.4 Å². The maximum absolute atomic E-state index is 5.72. The molecule has 1 heterocycles. The lowest BCUT2D eigenvalue weighted by Gasteiger charge is -2.20. The van der Waals surface area contributed by atoms with Gasteiger partial charge in [0.15, 0.2) is 11.5 Å². The molecule has 0 fully saturated rings. The van der Waals surface area contributed by atoms with E-state index >= 15 is 0 Å². The Morgan fingerprint density at radius 2 is 2.06 bits per heavy atom. The highest BCUT2D eigenvalue weighted by Gasteiger charge is 2.16. The van der Waals surface area contributed by atoms with Gasteiger partial charge in [0.05, 0.1) is 6.61 Å². The van der Waals surface area contributed by atoms with E-state index in [0.29, 0.717) is 19.8 Å². The molecule has 0 radical (unpaired) electrons. The van der Waals surface area contributed by atoms with Gasteiger partial charge in [0, 0.05) is 0 Å². The average molecular weight is 273 g/mol. The fraction of sp³-hybridized carbons (Fsp3) is 0.538. The molecule has 1 aromatic carbocycles. The van der Waals surface area contributed by atoms with E-state index in [1.54, 1.807) is 0 Å². The normalized spacial score (nSPS) is 12.7. The zero-order valence-corrected chi connectivity index (χ0v) is 11.3. The highest BCUT2D eigenvalue weighted by molar-refractivity contribution is 5.51. The molecular weight excluding hydrogens is 254 g/mol. The second-order valence-electron chi connectivity index (χ2n) is 3.94. The van der Waals surface area contributed by atoms with Crippen molar-refractivity contribution in [3.05, 3.63) is 18.2 Å². The van der Waals surface area contributed by atoms with E-state index in [2.05, 4.69) is 5.32 Å². The second kappa shape index (κ2) is 8.06. The number of nitrogens with one attached hydrogen (secondary N) is 1. The molecule has 0 atom stereocenters. The average Bonchev–Trinajstić information content (AvgIpc) is 2.39. The monoisotopic (exact) mass is 272 g/mol. The minimum Gasteiger partial charge on any atom is -1.00 e. The number of unbranched alkanes of at least 4 members (excludes halogenated alkanes) is 1. The Bertz CT molecular complexity index is 360. The summed E-state index contributed by atoms with van der Waals surface area (Å²) < 4.78 is 16.8. The van der Waals surface area contributed by atoms with Gasteiger partial charge in [-0.05, 0) is 38.6 Å². The first-order chi connectivity index (χ1) is 8.42. The zero-order valence-electron chi connectivity index (χ0n) is 10.6. The highest BCUT2D eigenvalue weighted by Crippen LogP contribution is 2.38. The van der Waals surface area contributed by atoms with Crippen LogP contribution in [0.1, 0.15) is 12.8 Å². The molecule has 1 N–H and O–H groups in total. The number of para-hydroxylation sites is 1. The van der Waals surface area contributed by atoms with Gasteiger partial charge in [0.25, 0.3) is 0 Å². The molecule has 0 saturated carbocycles. The van der Waals surface area contributed by atoms with E-state index in [0.717, 1.165) is 36.6 Å². The van der Waals surface area contributed by atoms with Gasteiger partial charge in [-0.25, -0.2) is 0 Å². The van der Waals surface area contributed by atoms with Gasteiger partial charge in [0.1, 0.15) is 13.2 Å². The van der Waals surface area contributed by atoms with E-state index in [1.807, 2.05) is 25.2 Å². The molecule has 2 rings (SSSR count). The van der Waals surface area contributed by atoms with E-state index in [1.165, 1.54) is 0 Å². The van der Waals surface area contributed by atoms with Crippen molar-refractivity contribution in [3.63, 3.8) is 0 Å². The number of hydrogen-bond acceptors (Lipinski definition) is 4. The van der Waals surface area contributed by atoms with E-state index in [4.69, 9.17) is 14.2 Å². The minimum absolute atomic E-state index is 0. The first kappa shape index (κ1) is 14.9. The van der Waals surface area contributed by atoms with Crippen LogP contribution < -0.4 is 31.9 Å². The summed E-state index contributed by atoms with van der Waals surface area (Å²) in [6.45, 7) is 2.93. The number of hydrogen-bond donors (Lipinski definition) is 1. The van der Waals surface area contributed by atoms with Crippen LogP contribution >= 0.6 is 0 Å². The maximum Gasteiger partial charge on any atom is 0.203 e. The number of fused-ring (bicyclic) bond motifs is 1. The Balaban J connectivity index is 0.00000162. The van der Waals surface area contributed by atoms with Crippen LogP contribution in [0, 0.1) is 0 Å². The topological polar surface area (TPSA) is 39.7 Å². The van der Waals surface area contributed by atoms with Gasteiger partial charge in [-0.15, -0.1) is 0 Å². The fourth-order valence-corrected chi connectivity index (χ4v) is 1.75. The summed E-state index contributed by atoms with van der Waals surface area (Å²) in [6.07, 6.45) is 2.15. The molecule has 0 unspecified atom stereocenters. The summed E-state index contributed by atoms with van der Waals surface area (Å²) >= 11 is 0. The third kappa shape index (κ3) is 3.96. The number of halogens is 1. The van der Waals surface area contributed by atoms with Crippen LogP contribution in [0.15, 0.2) is 18.2 Å². The van der Waals surface area contributed by atoms with Crippen LogP contribution in [-0.4, -0.2) is 33.4 Å². The SMILES string of the molecule is CNCCCCOc1cccc2c1OCCO2.[Cl-]. The van der Waals surface area contributed by atoms with Crippen molar-refractivity contribution >= 4 is 0 Å². The molecule has 5 heteroatoms. The van der Waals surface area contributed by atoms with Crippen LogP contribution in [0.4, 0.5) is 0 Å². The first-order valence-corrected chi connectivity index (χ1v) is 6.08. The van der Waals surface area contributed by atoms with Gasteiger partial charge in [-0.3, -0.25) is 0 Å². The Kier molecular flexibility index (Phi) is 6.68. The van der Waals surface area contributed by atoms with Crippen molar-refractivity contribution in [1.29, 1.82) is 0 Å². The van der Waals surface area contributed by atoms with E-state index in [-0.39, 0.29) is 12.4 Å². The Morgan fingerprint density at radius 1 is 1.22 bits per heavy atom. The predicted octanol–water partition coefficient (Wildman–Crippen LogP) is -1.16. The lowest BCUT2D eigenvalue weighted by atomic mass is 10.2. The van der Waals surface area contributed by atoms with Crippen molar-refractivity contribution < 1.29 is 26.6 Å². The van der Waals surface area contributed by atoms with Gasteiger partial charge in [-0.2, -0.15) is 0 Å². The van der Waals surface area contributed by atoms with Crippen molar-refractivity contribution in [2.24, 2.45) is 0 Å². The summed E-state index contributed by atoms with van der Waals surface area (Å²) in [6, 6.07) is 5.75. The van der Waals surface area contributed by atoms with Crippen LogP contribution in [0.3, 0.4) is 0 Å². The predicted molar refractivity (Wildman–Crippen MR) is 66.1 cm³/mol. The lowest BCUT2D eigenvalue weighted by Crippen LogP contribution is -3.00. The van der Waals surface area contributed by atoms with Crippen LogP contribution in [0.2, 0.25) is 0 Å². The smallest absolute Gasteiger partial charge is 0.203 e. The van der Waals surface area contributed by atoms with E-state index in [9.17, 15) is 0 Å². The van der Waals surface area contributed by atoms with Gasteiger partial charge >= 0.3 is 0 Å². The Morgan fingerprint density at radius 3 is 2.89 bits per heavy atom. The van der Waals surface area contributed by atoms with Gasteiger partial charge in [-0.1, -0.05) is 6.07 Å². The largest absolute Gasteiger partial charge is 1.00 e. The molecule has 1 aromatic rings. The zero-order chi connectivity index (χ0) is 11.9. The number of rotatable bonds is 6. The lowest BCUT2D eigenvalue weighted by molar-refractivity contribution is -0.00000453. The molecular formula is C13H19ClNO3-. The molecule has 102 valence electrons. The minimum atomic E-state index is 0. The standard InChI is InChI=1S/C13H19NO3.ClH/c1-14-7-2-3-8-15-11-5-4-6-12-13(11)17-10-9-16-12;/h4-6,14H,2-3,7-10H2,1H3;1H/p-1. The summed E-state index contributed by atoms with van der Waals surface area (Å²) in [5, 5.41) is 3.12. The second-order valence-corrected chi connectivity index (χ2v) is 3.94. The molecule has 18 heavy (non-hydrogen) atoms. The molecule has 1 aliphatic rings. The van der Waals surface area contributed by atoms with Gasteiger partial charge < -0.3 is 31.9 Å².